The van der Waals surface area contributed by atoms with Crippen LogP contribution in [0.15, 0.2) is 30.6 Å². The van der Waals surface area contributed by atoms with E-state index in [4.69, 9.17) is 9.84 Å². The van der Waals surface area contributed by atoms with Crippen LogP contribution >= 0.6 is 0 Å². The van der Waals surface area contributed by atoms with Crippen molar-refractivity contribution >= 4 is 5.97 Å². The van der Waals surface area contributed by atoms with Gasteiger partial charge in [0.15, 0.2) is 0 Å². The number of carbonyl (C=O) groups is 1. The van der Waals surface area contributed by atoms with Gasteiger partial charge < -0.3 is 9.84 Å². The summed E-state index contributed by atoms with van der Waals surface area (Å²) in [4.78, 5) is 14.5. The second-order valence-corrected chi connectivity index (χ2v) is 5.20. The van der Waals surface area contributed by atoms with Crippen molar-refractivity contribution in [2.75, 3.05) is 0 Å². The van der Waals surface area contributed by atoms with Crippen LogP contribution in [-0.4, -0.2) is 25.8 Å². The van der Waals surface area contributed by atoms with E-state index in [0.717, 1.165) is 5.69 Å². The first-order valence-electron chi connectivity index (χ1n) is 7.08. The smallest absolute Gasteiger partial charge is 0.354 e. The summed E-state index contributed by atoms with van der Waals surface area (Å²) in [6.07, 6.45) is 8.36. The number of rotatable bonds is 5. The van der Waals surface area contributed by atoms with Gasteiger partial charge >= 0.3 is 5.97 Å². The van der Waals surface area contributed by atoms with Gasteiger partial charge in [0, 0.05) is 6.20 Å². The molecule has 1 aliphatic carbocycles. The van der Waals surface area contributed by atoms with Gasteiger partial charge in [0.2, 0.25) is 0 Å². The molecule has 3 rings (SSSR count). The Morgan fingerprint density at radius 3 is 2.81 bits per heavy atom. The summed E-state index contributed by atoms with van der Waals surface area (Å²) in [7, 11) is 0. The number of aromatic carboxylic acids is 1. The van der Waals surface area contributed by atoms with Gasteiger partial charge in [-0.25, -0.2) is 9.78 Å². The molecule has 0 radical (unpaired) electrons. The number of ether oxygens (including phenoxy) is 1. The zero-order valence-electron chi connectivity index (χ0n) is 11.6. The number of hydrogen-bond acceptors (Lipinski definition) is 4. The fourth-order valence-electron chi connectivity index (χ4n) is 2.58. The lowest BCUT2D eigenvalue weighted by molar-refractivity contribution is 0.0690. The zero-order chi connectivity index (χ0) is 14.7. The van der Waals surface area contributed by atoms with Crippen molar-refractivity contribution in [3.63, 3.8) is 0 Å². The highest BCUT2D eigenvalue weighted by Crippen LogP contribution is 2.28. The first kappa shape index (κ1) is 13.6. The van der Waals surface area contributed by atoms with Crippen molar-refractivity contribution in [3.8, 4) is 5.75 Å². The second-order valence-electron chi connectivity index (χ2n) is 5.20. The van der Waals surface area contributed by atoms with Crippen LogP contribution in [0.5, 0.6) is 5.75 Å². The van der Waals surface area contributed by atoms with Crippen LogP contribution in [0.1, 0.15) is 47.9 Å². The fraction of sp³-hybridized carbons (Fsp3) is 0.400. The van der Waals surface area contributed by atoms with Gasteiger partial charge in [-0.2, -0.15) is 5.10 Å². The highest BCUT2D eigenvalue weighted by atomic mass is 16.5. The summed E-state index contributed by atoms with van der Waals surface area (Å²) in [5.41, 5.74) is 0.872. The summed E-state index contributed by atoms with van der Waals surface area (Å²) in [5.74, 6) is -0.507. The summed E-state index contributed by atoms with van der Waals surface area (Å²) < 4.78 is 7.60. The molecule has 0 unspecified atom stereocenters. The number of pyridine rings is 1. The van der Waals surface area contributed by atoms with Gasteiger partial charge in [-0.05, 0) is 31.0 Å². The maximum absolute atomic E-state index is 10.7. The van der Waals surface area contributed by atoms with Crippen LogP contribution < -0.4 is 4.74 Å². The molecular weight excluding hydrogens is 270 g/mol. The number of hydrogen-bond donors (Lipinski definition) is 1. The number of aromatic nitrogens is 3. The van der Waals surface area contributed by atoms with Gasteiger partial charge in [0.1, 0.15) is 18.1 Å². The van der Waals surface area contributed by atoms with E-state index in [1.165, 1.54) is 37.9 Å². The van der Waals surface area contributed by atoms with Crippen molar-refractivity contribution < 1.29 is 14.6 Å². The van der Waals surface area contributed by atoms with E-state index in [0.29, 0.717) is 18.4 Å². The molecule has 0 bridgehead atoms. The van der Waals surface area contributed by atoms with E-state index >= 15 is 0 Å². The topological polar surface area (TPSA) is 77.2 Å². The molecule has 1 N–H and O–H groups in total. The number of carboxylic acids is 1. The molecule has 6 nitrogen and oxygen atoms in total. The molecule has 0 saturated heterocycles. The predicted molar refractivity (Wildman–Crippen MR) is 75.3 cm³/mol. The van der Waals surface area contributed by atoms with Crippen molar-refractivity contribution in [2.45, 2.75) is 38.3 Å². The molecule has 21 heavy (non-hydrogen) atoms. The molecule has 0 aromatic carbocycles. The molecule has 0 amide bonds. The van der Waals surface area contributed by atoms with E-state index < -0.39 is 5.97 Å². The van der Waals surface area contributed by atoms with Crippen molar-refractivity contribution in [3.05, 3.63) is 42.0 Å². The van der Waals surface area contributed by atoms with Gasteiger partial charge in [-0.1, -0.05) is 12.8 Å². The van der Waals surface area contributed by atoms with Gasteiger partial charge in [0.05, 0.1) is 17.9 Å². The first-order valence-corrected chi connectivity index (χ1v) is 7.08. The molecule has 110 valence electrons. The molecule has 0 aliphatic heterocycles. The van der Waals surface area contributed by atoms with Crippen LogP contribution in [0.2, 0.25) is 0 Å². The summed E-state index contributed by atoms with van der Waals surface area (Å²) in [5, 5.41) is 13.3. The second kappa shape index (κ2) is 5.95. The maximum atomic E-state index is 10.7. The largest absolute Gasteiger partial charge is 0.486 e. The Morgan fingerprint density at radius 1 is 1.33 bits per heavy atom. The van der Waals surface area contributed by atoms with Gasteiger partial charge in [-0.15, -0.1) is 0 Å². The van der Waals surface area contributed by atoms with E-state index in [1.807, 2.05) is 16.9 Å². The molecule has 0 spiro atoms. The average molecular weight is 287 g/mol. The monoisotopic (exact) mass is 287 g/mol. The minimum atomic E-state index is -1.04. The summed E-state index contributed by atoms with van der Waals surface area (Å²) in [6, 6.07) is 5.51. The van der Waals surface area contributed by atoms with E-state index in [1.54, 1.807) is 6.07 Å². The highest BCUT2D eigenvalue weighted by Gasteiger charge is 2.17. The molecular formula is C15H17N3O3. The Labute approximate surface area is 122 Å². The van der Waals surface area contributed by atoms with Crippen LogP contribution in [0, 0.1) is 0 Å². The third kappa shape index (κ3) is 3.21. The van der Waals surface area contributed by atoms with Crippen LogP contribution in [0.3, 0.4) is 0 Å². The third-order valence-corrected chi connectivity index (χ3v) is 3.70. The molecule has 1 saturated carbocycles. The van der Waals surface area contributed by atoms with Crippen LogP contribution in [-0.2, 0) is 6.61 Å². The minimum absolute atomic E-state index is 0.00728. The normalized spacial score (nSPS) is 15.2. The van der Waals surface area contributed by atoms with Crippen LogP contribution in [0.25, 0.3) is 0 Å². The van der Waals surface area contributed by atoms with E-state index in [9.17, 15) is 4.79 Å². The highest BCUT2D eigenvalue weighted by molar-refractivity contribution is 5.85. The SMILES string of the molecule is O=C(O)c1ccc(OCc2ccn(C3CCCC3)n2)cn1. The van der Waals surface area contributed by atoms with Crippen LogP contribution in [0.4, 0.5) is 0 Å². The van der Waals surface area contributed by atoms with Crippen molar-refractivity contribution in [2.24, 2.45) is 0 Å². The zero-order valence-corrected chi connectivity index (χ0v) is 11.6. The van der Waals surface area contributed by atoms with Crippen molar-refractivity contribution in [1.82, 2.24) is 14.8 Å². The average Bonchev–Trinajstić information content (AvgIpc) is 3.16. The Morgan fingerprint density at radius 2 is 2.14 bits per heavy atom. The lowest BCUT2D eigenvalue weighted by Crippen LogP contribution is -2.06. The minimum Gasteiger partial charge on any atom is -0.486 e. The molecule has 2 heterocycles. The predicted octanol–water partition coefficient (Wildman–Crippen LogP) is 2.67. The van der Waals surface area contributed by atoms with Gasteiger partial charge in [-0.3, -0.25) is 4.68 Å². The number of carboxylic acid groups (broad SMARTS) is 1. The molecule has 2 aromatic heterocycles. The van der Waals surface area contributed by atoms with Gasteiger partial charge in [0.25, 0.3) is 0 Å². The lowest BCUT2D eigenvalue weighted by Gasteiger charge is -2.09. The quantitative estimate of drug-likeness (QED) is 0.914. The Kier molecular flexibility index (Phi) is 3.85. The molecule has 1 aliphatic rings. The Hall–Kier alpha value is -2.37. The Bertz CT molecular complexity index is 615. The Balaban J connectivity index is 1.58. The fourth-order valence-corrected chi connectivity index (χ4v) is 2.58. The number of nitrogens with zero attached hydrogens (tertiary/aromatic N) is 3. The lowest BCUT2D eigenvalue weighted by atomic mass is 10.3. The maximum Gasteiger partial charge on any atom is 0.354 e. The van der Waals surface area contributed by atoms with E-state index in [2.05, 4.69) is 10.1 Å². The molecule has 0 atom stereocenters. The summed E-state index contributed by atoms with van der Waals surface area (Å²) >= 11 is 0. The molecule has 2 aromatic rings. The third-order valence-electron chi connectivity index (χ3n) is 3.70. The van der Waals surface area contributed by atoms with E-state index in [-0.39, 0.29) is 5.69 Å². The standard InChI is InChI=1S/C15H17N3O3/c19-15(20)14-6-5-13(9-16-14)21-10-11-7-8-18(17-11)12-3-1-2-4-12/h5-9,12H,1-4,10H2,(H,19,20). The molecule has 1 fully saturated rings. The van der Waals surface area contributed by atoms with Crippen molar-refractivity contribution in [1.29, 1.82) is 0 Å². The molecule has 6 heteroatoms. The first-order chi connectivity index (χ1) is 10.2. The summed E-state index contributed by atoms with van der Waals surface area (Å²) in [6.45, 7) is 0.355.